The number of piperidine rings is 1. The molecule has 94 valence electrons. The van der Waals surface area contributed by atoms with E-state index in [0.29, 0.717) is 17.5 Å². The van der Waals surface area contributed by atoms with E-state index in [1.807, 2.05) is 24.3 Å². The molecule has 1 aliphatic rings. The zero-order chi connectivity index (χ0) is 12.1. The van der Waals surface area contributed by atoms with Crippen LogP contribution in [0.15, 0.2) is 24.3 Å². The second-order valence-electron chi connectivity index (χ2n) is 4.52. The molecule has 3 N–H and O–H groups in total. The molecule has 2 rings (SSSR count). The summed E-state index contributed by atoms with van der Waals surface area (Å²) in [4.78, 5) is 0. The third-order valence-electron chi connectivity index (χ3n) is 3.23. The quantitative estimate of drug-likeness (QED) is 0.865. The van der Waals surface area contributed by atoms with E-state index in [-0.39, 0.29) is 6.04 Å². The molecule has 3 nitrogen and oxygen atoms in total. The maximum atomic E-state index is 6.15. The van der Waals surface area contributed by atoms with Gasteiger partial charge in [0, 0.05) is 11.1 Å². The first kappa shape index (κ1) is 12.7. The zero-order valence-electron chi connectivity index (χ0n) is 9.86. The van der Waals surface area contributed by atoms with Crippen LogP contribution in [-0.2, 0) is 0 Å². The monoisotopic (exact) mass is 254 g/mol. The molecule has 0 bridgehead atoms. The molecule has 0 radical (unpaired) electrons. The lowest BCUT2D eigenvalue weighted by atomic mass is 9.91. The van der Waals surface area contributed by atoms with Crippen molar-refractivity contribution in [3.8, 4) is 5.75 Å². The highest BCUT2D eigenvalue weighted by atomic mass is 35.5. The van der Waals surface area contributed by atoms with Crippen LogP contribution >= 0.6 is 11.6 Å². The fraction of sp³-hybridized carbons (Fsp3) is 0.538. The molecule has 1 aromatic carbocycles. The highest BCUT2D eigenvalue weighted by molar-refractivity contribution is 6.30. The Balaban J connectivity index is 1.80. The van der Waals surface area contributed by atoms with Gasteiger partial charge in [0.25, 0.3) is 0 Å². The van der Waals surface area contributed by atoms with Crippen molar-refractivity contribution in [2.75, 3.05) is 19.7 Å². The maximum Gasteiger partial charge on any atom is 0.120 e. The van der Waals surface area contributed by atoms with Gasteiger partial charge in [0.1, 0.15) is 12.4 Å². The van der Waals surface area contributed by atoms with Crippen LogP contribution in [0.2, 0.25) is 5.02 Å². The summed E-state index contributed by atoms with van der Waals surface area (Å²) in [5.41, 5.74) is 6.15. The van der Waals surface area contributed by atoms with E-state index in [1.54, 1.807) is 0 Å². The summed E-state index contributed by atoms with van der Waals surface area (Å²) in [7, 11) is 0. The van der Waals surface area contributed by atoms with Crippen molar-refractivity contribution >= 4 is 11.6 Å². The normalized spacial score (nSPS) is 18.9. The van der Waals surface area contributed by atoms with Crippen molar-refractivity contribution in [1.29, 1.82) is 0 Å². The molecule has 0 aliphatic carbocycles. The Bertz CT molecular complexity index is 353. The van der Waals surface area contributed by atoms with Gasteiger partial charge in [-0.2, -0.15) is 0 Å². The van der Waals surface area contributed by atoms with Gasteiger partial charge in [-0.25, -0.2) is 0 Å². The van der Waals surface area contributed by atoms with Crippen LogP contribution < -0.4 is 15.8 Å². The summed E-state index contributed by atoms with van der Waals surface area (Å²) in [6.45, 7) is 2.69. The summed E-state index contributed by atoms with van der Waals surface area (Å²) in [6, 6.07) is 7.54. The van der Waals surface area contributed by atoms with Gasteiger partial charge in [-0.15, -0.1) is 0 Å². The van der Waals surface area contributed by atoms with E-state index in [4.69, 9.17) is 22.1 Å². The number of nitrogens with two attached hydrogens (primary N) is 1. The number of halogens is 1. The minimum atomic E-state index is 0.107. The third kappa shape index (κ3) is 3.87. The summed E-state index contributed by atoms with van der Waals surface area (Å²) >= 11 is 5.89. The highest BCUT2D eigenvalue weighted by Gasteiger charge is 2.20. The lowest BCUT2D eigenvalue weighted by Gasteiger charge is -2.27. The van der Waals surface area contributed by atoms with E-state index in [9.17, 15) is 0 Å². The number of benzene rings is 1. The average molecular weight is 255 g/mol. The Morgan fingerprint density at radius 2 is 2.18 bits per heavy atom. The van der Waals surface area contributed by atoms with E-state index in [2.05, 4.69) is 5.32 Å². The molecule has 1 aliphatic heterocycles. The summed E-state index contributed by atoms with van der Waals surface area (Å²) in [5, 5.41) is 4.03. The van der Waals surface area contributed by atoms with Crippen molar-refractivity contribution in [2.24, 2.45) is 11.7 Å². The van der Waals surface area contributed by atoms with Crippen LogP contribution in [0.4, 0.5) is 0 Å². The Kier molecular flexibility index (Phi) is 4.66. The van der Waals surface area contributed by atoms with Crippen molar-refractivity contribution < 1.29 is 4.74 Å². The third-order valence-corrected chi connectivity index (χ3v) is 3.46. The number of ether oxygens (including phenoxy) is 1. The maximum absolute atomic E-state index is 6.15. The summed E-state index contributed by atoms with van der Waals surface area (Å²) in [6.07, 6.45) is 2.28. The molecular weight excluding hydrogens is 236 g/mol. The van der Waals surface area contributed by atoms with Crippen molar-refractivity contribution in [1.82, 2.24) is 5.32 Å². The predicted molar refractivity (Wildman–Crippen MR) is 70.5 cm³/mol. The van der Waals surface area contributed by atoms with E-state index < -0.39 is 0 Å². The van der Waals surface area contributed by atoms with Gasteiger partial charge in [-0.05, 0) is 50.0 Å². The van der Waals surface area contributed by atoms with Crippen LogP contribution in [-0.4, -0.2) is 25.7 Å². The molecule has 0 saturated carbocycles. The molecule has 4 heteroatoms. The fourth-order valence-corrected chi connectivity index (χ4v) is 2.34. The Morgan fingerprint density at radius 1 is 1.41 bits per heavy atom. The van der Waals surface area contributed by atoms with Crippen LogP contribution in [0.3, 0.4) is 0 Å². The zero-order valence-corrected chi connectivity index (χ0v) is 10.6. The van der Waals surface area contributed by atoms with E-state index in [0.717, 1.165) is 31.7 Å². The van der Waals surface area contributed by atoms with Gasteiger partial charge < -0.3 is 15.8 Å². The molecule has 0 amide bonds. The van der Waals surface area contributed by atoms with Crippen LogP contribution in [0, 0.1) is 5.92 Å². The second kappa shape index (κ2) is 6.24. The molecule has 1 unspecified atom stereocenters. The number of rotatable bonds is 4. The number of nitrogens with one attached hydrogen (secondary N) is 1. The molecule has 0 aromatic heterocycles. The van der Waals surface area contributed by atoms with Crippen LogP contribution in [0.1, 0.15) is 12.8 Å². The molecular formula is C13H19ClN2O. The molecule has 17 heavy (non-hydrogen) atoms. The predicted octanol–water partition coefficient (Wildman–Crippen LogP) is 2.05. The molecule has 1 aromatic rings. The van der Waals surface area contributed by atoms with Crippen LogP contribution in [0.5, 0.6) is 5.75 Å². The first-order valence-corrected chi connectivity index (χ1v) is 6.48. The lowest BCUT2D eigenvalue weighted by Crippen LogP contribution is -2.41. The SMILES string of the molecule is NC(COc1cccc(Cl)c1)C1CCNCC1. The summed E-state index contributed by atoms with van der Waals surface area (Å²) in [5.74, 6) is 1.36. The summed E-state index contributed by atoms with van der Waals surface area (Å²) < 4.78 is 5.67. The van der Waals surface area contributed by atoms with Gasteiger partial charge in [0.15, 0.2) is 0 Å². The molecule has 1 atom stereocenters. The molecule has 1 saturated heterocycles. The van der Waals surface area contributed by atoms with Crippen molar-refractivity contribution in [3.05, 3.63) is 29.3 Å². The topological polar surface area (TPSA) is 47.3 Å². The van der Waals surface area contributed by atoms with Crippen molar-refractivity contribution in [2.45, 2.75) is 18.9 Å². The number of hydrogen-bond acceptors (Lipinski definition) is 3. The molecule has 1 fully saturated rings. The molecule has 1 heterocycles. The second-order valence-corrected chi connectivity index (χ2v) is 4.96. The highest BCUT2D eigenvalue weighted by Crippen LogP contribution is 2.19. The van der Waals surface area contributed by atoms with Gasteiger partial charge >= 0.3 is 0 Å². The standard InChI is InChI=1S/C13H19ClN2O/c14-11-2-1-3-12(8-11)17-9-13(15)10-4-6-16-7-5-10/h1-3,8,10,13,16H,4-7,9,15H2. The lowest BCUT2D eigenvalue weighted by molar-refractivity contribution is 0.219. The largest absolute Gasteiger partial charge is 0.492 e. The van der Waals surface area contributed by atoms with Gasteiger partial charge in [-0.3, -0.25) is 0 Å². The van der Waals surface area contributed by atoms with E-state index >= 15 is 0 Å². The van der Waals surface area contributed by atoms with Gasteiger partial charge in [-0.1, -0.05) is 17.7 Å². The fourth-order valence-electron chi connectivity index (χ4n) is 2.16. The Labute approximate surface area is 107 Å². The average Bonchev–Trinajstić information content (AvgIpc) is 2.37. The van der Waals surface area contributed by atoms with E-state index in [1.165, 1.54) is 0 Å². The smallest absolute Gasteiger partial charge is 0.120 e. The van der Waals surface area contributed by atoms with Crippen LogP contribution in [0.25, 0.3) is 0 Å². The van der Waals surface area contributed by atoms with Crippen molar-refractivity contribution in [3.63, 3.8) is 0 Å². The first-order chi connectivity index (χ1) is 8.25. The van der Waals surface area contributed by atoms with Gasteiger partial charge in [0.05, 0.1) is 0 Å². The first-order valence-electron chi connectivity index (χ1n) is 6.10. The molecule has 0 spiro atoms. The minimum Gasteiger partial charge on any atom is -0.492 e. The van der Waals surface area contributed by atoms with Gasteiger partial charge in [0.2, 0.25) is 0 Å². The Morgan fingerprint density at radius 3 is 2.88 bits per heavy atom. The number of hydrogen-bond donors (Lipinski definition) is 2. The Hall–Kier alpha value is -0.770. The minimum absolute atomic E-state index is 0.107.